The van der Waals surface area contributed by atoms with Crippen LogP contribution in [0.2, 0.25) is 0 Å². The van der Waals surface area contributed by atoms with Gasteiger partial charge in [-0.1, -0.05) is 140 Å². The van der Waals surface area contributed by atoms with E-state index in [4.69, 9.17) is 0 Å². The molecule has 0 radical (unpaired) electrons. The molecule has 9 rings (SSSR count). The van der Waals surface area contributed by atoms with Crippen LogP contribution in [0.15, 0.2) is 194 Å². The van der Waals surface area contributed by atoms with E-state index in [0.29, 0.717) is 0 Å². The molecular weight excluding hydrogens is 581 g/mol. The summed E-state index contributed by atoms with van der Waals surface area (Å²) >= 11 is 0. The average Bonchev–Trinajstić information content (AvgIpc) is 3.49. The van der Waals surface area contributed by atoms with Gasteiger partial charge in [-0.25, -0.2) is 0 Å². The second kappa shape index (κ2) is 11.8. The standard InChI is InChI=1S/C46H32N2/c1-4-12-33(13-5-1)36-20-24-40(25-21-36)47(41-26-22-35-16-10-11-17-37(35)30-41)42-27-29-44-43-28-23-38(34-14-6-2-7-15-34)31-45(43)48(46(44)32-42)39-18-8-3-9-19-39/h1-32H. The van der Waals surface area contributed by atoms with E-state index >= 15 is 0 Å². The van der Waals surface area contributed by atoms with Gasteiger partial charge in [0.1, 0.15) is 0 Å². The van der Waals surface area contributed by atoms with Crippen molar-refractivity contribution in [3.8, 4) is 27.9 Å². The van der Waals surface area contributed by atoms with Crippen molar-refractivity contribution >= 4 is 49.6 Å². The summed E-state index contributed by atoms with van der Waals surface area (Å²) in [5.74, 6) is 0. The van der Waals surface area contributed by atoms with Crippen LogP contribution < -0.4 is 4.90 Å². The van der Waals surface area contributed by atoms with Crippen LogP contribution >= 0.6 is 0 Å². The topological polar surface area (TPSA) is 8.17 Å². The molecule has 0 fully saturated rings. The average molecular weight is 613 g/mol. The maximum atomic E-state index is 2.41. The summed E-state index contributed by atoms with van der Waals surface area (Å²) in [6, 6.07) is 69.9. The first-order chi connectivity index (χ1) is 23.8. The lowest BCUT2D eigenvalue weighted by Crippen LogP contribution is -2.10. The molecular formula is C46H32N2. The third-order valence-electron chi connectivity index (χ3n) is 9.35. The minimum atomic E-state index is 1.11. The van der Waals surface area contributed by atoms with E-state index in [1.54, 1.807) is 0 Å². The SMILES string of the molecule is c1ccc(-c2ccc(N(c3ccc4ccccc4c3)c3ccc4c5ccc(-c6ccccc6)cc5n(-c5ccccc5)c4c3)cc2)cc1. The van der Waals surface area contributed by atoms with Crippen molar-refractivity contribution in [2.75, 3.05) is 4.90 Å². The Morgan fingerprint density at radius 1 is 0.312 bits per heavy atom. The van der Waals surface area contributed by atoms with Gasteiger partial charge in [0.05, 0.1) is 11.0 Å². The number of benzene rings is 8. The molecule has 2 nitrogen and oxygen atoms in total. The summed E-state index contributed by atoms with van der Waals surface area (Å²) in [5, 5.41) is 4.92. The van der Waals surface area contributed by atoms with E-state index in [1.165, 1.54) is 54.8 Å². The van der Waals surface area contributed by atoms with Crippen LogP contribution in [-0.4, -0.2) is 4.57 Å². The zero-order valence-electron chi connectivity index (χ0n) is 26.4. The molecule has 0 saturated heterocycles. The van der Waals surface area contributed by atoms with Gasteiger partial charge < -0.3 is 9.47 Å². The molecule has 0 bridgehead atoms. The largest absolute Gasteiger partial charge is 0.310 e. The Hall–Kier alpha value is -6.38. The first-order valence-corrected chi connectivity index (χ1v) is 16.4. The van der Waals surface area contributed by atoms with E-state index in [1.807, 2.05) is 0 Å². The Bertz CT molecular complexity index is 2530. The maximum absolute atomic E-state index is 2.41. The van der Waals surface area contributed by atoms with Crippen LogP contribution in [0.3, 0.4) is 0 Å². The van der Waals surface area contributed by atoms with Crippen LogP contribution in [0.1, 0.15) is 0 Å². The van der Waals surface area contributed by atoms with E-state index in [-0.39, 0.29) is 0 Å². The second-order valence-corrected chi connectivity index (χ2v) is 12.3. The molecule has 0 N–H and O–H groups in total. The molecule has 0 atom stereocenters. The number of hydrogen-bond acceptors (Lipinski definition) is 1. The summed E-state index contributed by atoms with van der Waals surface area (Å²) in [5.41, 5.74) is 11.7. The number of rotatable bonds is 6. The highest BCUT2D eigenvalue weighted by molar-refractivity contribution is 6.11. The second-order valence-electron chi connectivity index (χ2n) is 12.3. The predicted molar refractivity (Wildman–Crippen MR) is 204 cm³/mol. The van der Waals surface area contributed by atoms with E-state index < -0.39 is 0 Å². The van der Waals surface area contributed by atoms with Crippen LogP contribution in [0.4, 0.5) is 17.1 Å². The summed E-state index contributed by atoms with van der Waals surface area (Å²) in [7, 11) is 0. The highest BCUT2D eigenvalue weighted by Gasteiger charge is 2.18. The molecule has 0 aliphatic heterocycles. The summed E-state index contributed by atoms with van der Waals surface area (Å²) in [6.45, 7) is 0. The number of nitrogens with zero attached hydrogens (tertiary/aromatic N) is 2. The fraction of sp³-hybridized carbons (Fsp3) is 0. The minimum Gasteiger partial charge on any atom is -0.310 e. The molecule has 0 aliphatic rings. The predicted octanol–water partition coefficient (Wildman–Crippen LogP) is 12.7. The Balaban J connectivity index is 1.26. The lowest BCUT2D eigenvalue weighted by molar-refractivity contribution is 1.18. The van der Waals surface area contributed by atoms with Crippen molar-refractivity contribution in [2.24, 2.45) is 0 Å². The highest BCUT2D eigenvalue weighted by Crippen LogP contribution is 2.41. The third kappa shape index (κ3) is 4.92. The van der Waals surface area contributed by atoms with Gasteiger partial charge in [-0.15, -0.1) is 0 Å². The first kappa shape index (κ1) is 27.9. The molecule has 0 amide bonds. The van der Waals surface area contributed by atoms with Gasteiger partial charge >= 0.3 is 0 Å². The number of fused-ring (bicyclic) bond motifs is 4. The van der Waals surface area contributed by atoms with E-state index in [0.717, 1.165) is 22.7 Å². The normalized spacial score (nSPS) is 11.3. The molecule has 1 heterocycles. The van der Waals surface area contributed by atoms with Crippen molar-refractivity contribution in [3.63, 3.8) is 0 Å². The zero-order chi connectivity index (χ0) is 31.9. The van der Waals surface area contributed by atoms with Gasteiger partial charge in [0.2, 0.25) is 0 Å². The van der Waals surface area contributed by atoms with Gasteiger partial charge in [-0.05, 0) is 87.6 Å². The summed E-state index contributed by atoms with van der Waals surface area (Å²) < 4.78 is 2.41. The van der Waals surface area contributed by atoms with Gasteiger partial charge in [0.15, 0.2) is 0 Å². The molecule has 2 heteroatoms. The molecule has 226 valence electrons. The highest BCUT2D eigenvalue weighted by atomic mass is 15.1. The molecule has 48 heavy (non-hydrogen) atoms. The first-order valence-electron chi connectivity index (χ1n) is 16.4. The third-order valence-corrected chi connectivity index (χ3v) is 9.35. The monoisotopic (exact) mass is 612 g/mol. The summed E-state index contributed by atoms with van der Waals surface area (Å²) in [6.07, 6.45) is 0. The Morgan fingerprint density at radius 2 is 0.792 bits per heavy atom. The van der Waals surface area contributed by atoms with Crippen LogP contribution in [0.25, 0.3) is 60.5 Å². The molecule has 9 aromatic rings. The van der Waals surface area contributed by atoms with Crippen LogP contribution in [0, 0.1) is 0 Å². The smallest absolute Gasteiger partial charge is 0.0561 e. The molecule has 0 unspecified atom stereocenters. The van der Waals surface area contributed by atoms with E-state index in [2.05, 4.69) is 204 Å². The Labute approximate surface area is 280 Å². The van der Waals surface area contributed by atoms with Crippen molar-refractivity contribution in [1.29, 1.82) is 0 Å². The van der Waals surface area contributed by atoms with Crippen LogP contribution in [-0.2, 0) is 0 Å². The van der Waals surface area contributed by atoms with Crippen LogP contribution in [0.5, 0.6) is 0 Å². The maximum Gasteiger partial charge on any atom is 0.0561 e. The number of para-hydroxylation sites is 1. The van der Waals surface area contributed by atoms with Gasteiger partial charge in [0.25, 0.3) is 0 Å². The molecule has 0 aliphatic carbocycles. The van der Waals surface area contributed by atoms with Gasteiger partial charge in [0, 0.05) is 33.5 Å². The lowest BCUT2D eigenvalue weighted by Gasteiger charge is -2.26. The molecule has 0 saturated carbocycles. The quantitative estimate of drug-likeness (QED) is 0.181. The fourth-order valence-electron chi connectivity index (χ4n) is 7.01. The summed E-state index contributed by atoms with van der Waals surface area (Å²) in [4.78, 5) is 2.38. The number of anilines is 3. The van der Waals surface area contributed by atoms with Gasteiger partial charge in [-0.2, -0.15) is 0 Å². The number of aromatic nitrogens is 1. The molecule has 1 aromatic heterocycles. The van der Waals surface area contributed by atoms with Gasteiger partial charge in [-0.3, -0.25) is 0 Å². The van der Waals surface area contributed by atoms with E-state index in [9.17, 15) is 0 Å². The van der Waals surface area contributed by atoms with Crippen molar-refractivity contribution in [2.45, 2.75) is 0 Å². The lowest BCUT2D eigenvalue weighted by atomic mass is 10.0. The molecule has 0 spiro atoms. The number of hydrogen-bond donors (Lipinski definition) is 0. The Kier molecular flexibility index (Phi) is 6.84. The van der Waals surface area contributed by atoms with Crippen molar-refractivity contribution in [1.82, 2.24) is 4.57 Å². The fourth-order valence-corrected chi connectivity index (χ4v) is 7.01. The minimum absolute atomic E-state index is 1.11. The molecule has 8 aromatic carbocycles. The van der Waals surface area contributed by atoms with Crippen molar-refractivity contribution < 1.29 is 0 Å². The van der Waals surface area contributed by atoms with Crippen molar-refractivity contribution in [3.05, 3.63) is 194 Å². The Morgan fingerprint density at radius 3 is 1.50 bits per heavy atom. The zero-order valence-corrected chi connectivity index (χ0v) is 26.4.